The van der Waals surface area contributed by atoms with E-state index in [1.54, 1.807) is 0 Å². The highest BCUT2D eigenvalue weighted by molar-refractivity contribution is 5.87. The predicted molar refractivity (Wildman–Crippen MR) is 169 cm³/mol. The van der Waals surface area contributed by atoms with Crippen LogP contribution < -0.4 is 0 Å². The second-order valence-corrected chi connectivity index (χ2v) is 9.01. The first kappa shape index (κ1) is 34.5. The minimum Gasteiger partial charge on any atom is -0.478 e. The third-order valence-corrected chi connectivity index (χ3v) is 5.42. The van der Waals surface area contributed by atoms with E-state index < -0.39 is 17.9 Å². The van der Waals surface area contributed by atoms with Gasteiger partial charge in [-0.2, -0.15) is 0 Å². The third kappa shape index (κ3) is 13.5. The van der Waals surface area contributed by atoms with Gasteiger partial charge in [-0.05, 0) is 41.7 Å². The Hall–Kier alpha value is -5.49. The fourth-order valence-electron chi connectivity index (χ4n) is 3.14. The largest absolute Gasteiger partial charge is 0.478 e. The molecule has 3 N–H and O–H groups in total. The summed E-state index contributed by atoms with van der Waals surface area (Å²) in [5.74, 6) is -2.82. The van der Waals surface area contributed by atoms with Gasteiger partial charge in [-0.3, -0.25) is 0 Å². The van der Waals surface area contributed by atoms with Crippen LogP contribution >= 0.6 is 0 Å². The maximum absolute atomic E-state index is 10.9. The minimum atomic E-state index is -0.946. The molecule has 6 nitrogen and oxygen atoms in total. The predicted octanol–water partition coefficient (Wildman–Crippen LogP) is 8.18. The highest BCUT2D eigenvalue weighted by Gasteiger charge is 2.09. The number of benzene rings is 4. The van der Waals surface area contributed by atoms with E-state index in [9.17, 15) is 14.4 Å². The first-order valence-corrected chi connectivity index (χ1v) is 12.9. The van der Waals surface area contributed by atoms with Crippen molar-refractivity contribution >= 4 is 17.9 Å². The molecule has 42 heavy (non-hydrogen) atoms. The molecule has 0 aliphatic heterocycles. The van der Waals surface area contributed by atoms with Crippen LogP contribution in [0.2, 0.25) is 0 Å². The second-order valence-electron chi connectivity index (χ2n) is 9.01. The molecule has 0 amide bonds. The zero-order valence-corrected chi connectivity index (χ0v) is 23.9. The van der Waals surface area contributed by atoms with E-state index in [1.165, 1.54) is 25.0 Å². The van der Waals surface area contributed by atoms with Crippen molar-refractivity contribution < 1.29 is 29.7 Å². The molecule has 0 radical (unpaired) electrons. The van der Waals surface area contributed by atoms with Gasteiger partial charge in [0.1, 0.15) is 0 Å². The number of carboxylic acids is 3. The monoisotopic (exact) mass is 564 g/mol. The SMILES string of the molecule is C=C(C)C(=O)O.C=C(C)C(=O)O.C=C(Cc1ccccc1-c1ccccc1)C(=O)O.c1ccc(-c2ccccc2)cc1. The number of hydrogen-bond acceptors (Lipinski definition) is 3. The van der Waals surface area contributed by atoms with Gasteiger partial charge < -0.3 is 15.3 Å². The number of rotatable bonds is 7. The molecule has 0 aliphatic rings. The van der Waals surface area contributed by atoms with Gasteiger partial charge in [0.15, 0.2) is 0 Å². The molecule has 4 aromatic carbocycles. The van der Waals surface area contributed by atoms with E-state index in [0.29, 0.717) is 6.42 Å². The minimum absolute atomic E-state index is 0.176. The lowest BCUT2D eigenvalue weighted by molar-refractivity contribution is -0.133. The molecule has 0 atom stereocenters. The van der Waals surface area contributed by atoms with Crippen molar-refractivity contribution in [3.63, 3.8) is 0 Å². The maximum Gasteiger partial charge on any atom is 0.331 e. The van der Waals surface area contributed by atoms with Crippen LogP contribution in [0, 0.1) is 0 Å². The summed E-state index contributed by atoms with van der Waals surface area (Å²) in [4.78, 5) is 30.1. The number of carbonyl (C=O) groups is 3. The van der Waals surface area contributed by atoms with Crippen molar-refractivity contribution in [1.82, 2.24) is 0 Å². The first-order valence-electron chi connectivity index (χ1n) is 12.9. The lowest BCUT2D eigenvalue weighted by atomic mass is 9.95. The number of carboxylic acid groups (broad SMARTS) is 3. The summed E-state index contributed by atoms with van der Waals surface area (Å²) in [5.41, 5.74) is 6.24. The second kappa shape index (κ2) is 18.7. The Labute approximate surface area is 247 Å². The van der Waals surface area contributed by atoms with Crippen LogP contribution in [0.4, 0.5) is 0 Å². The zero-order valence-electron chi connectivity index (χ0n) is 23.9. The molecule has 0 saturated carbocycles. The fraction of sp³-hybridized carbons (Fsp3) is 0.0833. The average molecular weight is 565 g/mol. The highest BCUT2D eigenvalue weighted by atomic mass is 16.4. The zero-order chi connectivity index (χ0) is 31.5. The molecule has 0 fully saturated rings. The molecule has 4 aromatic rings. The first-order chi connectivity index (χ1) is 19.9. The van der Waals surface area contributed by atoms with Crippen LogP contribution in [-0.4, -0.2) is 33.2 Å². The van der Waals surface area contributed by atoms with E-state index in [2.05, 4.69) is 68.3 Å². The van der Waals surface area contributed by atoms with Gasteiger partial charge in [-0.15, -0.1) is 0 Å². The Bertz CT molecular complexity index is 1390. The van der Waals surface area contributed by atoms with Crippen molar-refractivity contribution in [2.45, 2.75) is 20.3 Å². The lowest BCUT2D eigenvalue weighted by Crippen LogP contribution is -2.03. The van der Waals surface area contributed by atoms with Crippen LogP contribution in [0.5, 0.6) is 0 Å². The molecule has 0 bridgehead atoms. The van der Waals surface area contributed by atoms with Gasteiger partial charge in [-0.1, -0.05) is 135 Å². The molecule has 0 aliphatic carbocycles. The van der Waals surface area contributed by atoms with Crippen LogP contribution in [-0.2, 0) is 20.8 Å². The molecular formula is C36H36O6. The Morgan fingerprint density at radius 1 is 0.500 bits per heavy atom. The van der Waals surface area contributed by atoms with E-state index >= 15 is 0 Å². The van der Waals surface area contributed by atoms with Crippen molar-refractivity contribution in [2.24, 2.45) is 0 Å². The topological polar surface area (TPSA) is 112 Å². The number of hydrogen-bond donors (Lipinski definition) is 3. The quantitative estimate of drug-likeness (QED) is 0.195. The molecular weight excluding hydrogens is 528 g/mol. The average Bonchev–Trinajstić information content (AvgIpc) is 2.99. The highest BCUT2D eigenvalue weighted by Crippen LogP contribution is 2.25. The summed E-state index contributed by atoms with van der Waals surface area (Å²) in [5, 5.41) is 24.7. The summed E-state index contributed by atoms with van der Waals surface area (Å²) in [6, 6.07) is 38.5. The van der Waals surface area contributed by atoms with Crippen molar-refractivity contribution in [2.75, 3.05) is 0 Å². The Balaban J connectivity index is 0.000000316. The Morgan fingerprint density at radius 3 is 1.14 bits per heavy atom. The summed E-state index contributed by atoms with van der Waals surface area (Å²) in [7, 11) is 0. The van der Waals surface area contributed by atoms with Gasteiger partial charge in [-0.25, -0.2) is 14.4 Å². The molecule has 0 heterocycles. The standard InChI is InChI=1S/C16H14O2.C12H10.2C4H6O2/c1-12(16(17)18)11-14-9-5-6-10-15(14)13-7-3-2-4-8-13;1-3-7-11(8-4-1)12-9-5-2-6-10-12;2*1-3(2)4(5)6/h2-10H,1,11H2,(H,17,18);1-10H;2*1H2,2H3,(H,5,6). The van der Waals surface area contributed by atoms with Crippen molar-refractivity contribution in [3.8, 4) is 22.3 Å². The smallest absolute Gasteiger partial charge is 0.331 e. The summed E-state index contributed by atoms with van der Waals surface area (Å²) < 4.78 is 0. The normalized spacial score (nSPS) is 9.19. The summed E-state index contributed by atoms with van der Waals surface area (Å²) in [6.07, 6.45) is 0.362. The van der Waals surface area contributed by atoms with Crippen molar-refractivity contribution in [1.29, 1.82) is 0 Å². The van der Waals surface area contributed by atoms with Gasteiger partial charge in [0.25, 0.3) is 0 Å². The van der Waals surface area contributed by atoms with Crippen molar-refractivity contribution in [3.05, 3.63) is 157 Å². The number of aliphatic carboxylic acids is 3. The lowest BCUT2D eigenvalue weighted by Gasteiger charge is -2.09. The Morgan fingerprint density at radius 2 is 0.810 bits per heavy atom. The van der Waals surface area contributed by atoms with Gasteiger partial charge in [0, 0.05) is 23.1 Å². The van der Waals surface area contributed by atoms with Gasteiger partial charge >= 0.3 is 17.9 Å². The van der Waals surface area contributed by atoms with E-state index in [-0.39, 0.29) is 16.7 Å². The fourth-order valence-corrected chi connectivity index (χ4v) is 3.14. The molecule has 4 rings (SSSR count). The summed E-state index contributed by atoms with van der Waals surface area (Å²) >= 11 is 0. The van der Waals surface area contributed by atoms with Crippen LogP contribution in [0.15, 0.2) is 152 Å². The molecule has 0 spiro atoms. The summed E-state index contributed by atoms with van der Waals surface area (Å²) in [6.45, 7) is 12.8. The Kier molecular flexibility index (Phi) is 15.4. The molecule has 6 heteroatoms. The van der Waals surface area contributed by atoms with Gasteiger partial charge in [0.2, 0.25) is 0 Å². The van der Waals surface area contributed by atoms with Gasteiger partial charge in [0.05, 0.1) is 0 Å². The molecule has 0 aromatic heterocycles. The van der Waals surface area contributed by atoms with Crippen LogP contribution in [0.25, 0.3) is 22.3 Å². The molecule has 0 unspecified atom stereocenters. The van der Waals surface area contributed by atoms with Crippen LogP contribution in [0.3, 0.4) is 0 Å². The molecule has 216 valence electrons. The molecule has 0 saturated heterocycles. The maximum atomic E-state index is 10.9. The van der Waals surface area contributed by atoms with E-state index in [4.69, 9.17) is 15.3 Å². The van der Waals surface area contributed by atoms with Crippen LogP contribution in [0.1, 0.15) is 19.4 Å². The van der Waals surface area contributed by atoms with E-state index in [0.717, 1.165) is 16.7 Å². The third-order valence-electron chi connectivity index (χ3n) is 5.42. The van der Waals surface area contributed by atoms with E-state index in [1.807, 2.05) is 66.7 Å².